The summed E-state index contributed by atoms with van der Waals surface area (Å²) in [7, 11) is 0. The van der Waals surface area contributed by atoms with Crippen LogP contribution in [0.1, 0.15) is 26.2 Å². The number of carbonyl (C=O) groups excluding carboxylic acids is 1. The summed E-state index contributed by atoms with van der Waals surface area (Å²) < 4.78 is 5.20. The third-order valence-corrected chi connectivity index (χ3v) is 2.51. The molecule has 1 heterocycles. The lowest BCUT2D eigenvalue weighted by Gasteiger charge is -2.24. The molecular formula is C10H18N2O4. The Hall–Kier alpha value is -1.30. The molecule has 1 saturated heterocycles. The number of aliphatic carboxylic acids is 1. The van der Waals surface area contributed by atoms with E-state index in [1.807, 2.05) is 0 Å². The second-order valence-electron chi connectivity index (χ2n) is 3.83. The van der Waals surface area contributed by atoms with Crippen LogP contribution in [-0.4, -0.2) is 42.4 Å². The van der Waals surface area contributed by atoms with Gasteiger partial charge in [-0.2, -0.15) is 0 Å². The molecule has 16 heavy (non-hydrogen) atoms. The Morgan fingerprint density at radius 3 is 2.81 bits per heavy atom. The van der Waals surface area contributed by atoms with Crippen molar-refractivity contribution < 1.29 is 19.4 Å². The van der Waals surface area contributed by atoms with Crippen molar-refractivity contribution in [2.75, 3.05) is 13.2 Å². The van der Waals surface area contributed by atoms with Crippen LogP contribution in [0.5, 0.6) is 0 Å². The van der Waals surface area contributed by atoms with Crippen LogP contribution in [0.15, 0.2) is 0 Å². The Bertz CT molecular complexity index is 251. The second-order valence-corrected chi connectivity index (χ2v) is 3.83. The third-order valence-electron chi connectivity index (χ3n) is 2.51. The first-order chi connectivity index (χ1) is 7.63. The van der Waals surface area contributed by atoms with Gasteiger partial charge in [-0.3, -0.25) is 0 Å². The quantitative estimate of drug-likeness (QED) is 0.649. The standard InChI is InChI=1S/C10H18N2O4/c1-2-8(9(13)14)12-10(15)11-7-4-3-5-16-6-7/h7-8H,2-6H2,1H3,(H,13,14)(H2,11,12,15)/t7?,8-/m0/s1. The Morgan fingerprint density at radius 2 is 2.31 bits per heavy atom. The molecule has 0 radical (unpaired) electrons. The lowest BCUT2D eigenvalue weighted by Crippen LogP contribution is -2.50. The van der Waals surface area contributed by atoms with Gasteiger partial charge >= 0.3 is 12.0 Å². The molecule has 3 N–H and O–H groups in total. The molecule has 2 amide bonds. The Labute approximate surface area is 94.3 Å². The van der Waals surface area contributed by atoms with Crippen LogP contribution in [0.2, 0.25) is 0 Å². The SMILES string of the molecule is CC[C@H](NC(=O)NC1CCCOC1)C(=O)O. The lowest BCUT2D eigenvalue weighted by molar-refractivity contribution is -0.139. The smallest absolute Gasteiger partial charge is 0.326 e. The minimum absolute atomic E-state index is 0.0138. The number of rotatable bonds is 4. The molecule has 0 bridgehead atoms. The van der Waals surface area contributed by atoms with E-state index in [4.69, 9.17) is 9.84 Å². The molecule has 6 heteroatoms. The van der Waals surface area contributed by atoms with Crippen molar-refractivity contribution in [3.8, 4) is 0 Å². The van der Waals surface area contributed by atoms with Gasteiger partial charge in [-0.25, -0.2) is 9.59 Å². The molecule has 1 fully saturated rings. The number of carboxylic acid groups (broad SMARTS) is 1. The van der Waals surface area contributed by atoms with Crippen LogP contribution in [0.3, 0.4) is 0 Å². The van der Waals surface area contributed by atoms with E-state index in [1.165, 1.54) is 0 Å². The van der Waals surface area contributed by atoms with Gasteiger partial charge in [0.2, 0.25) is 0 Å². The van der Waals surface area contributed by atoms with Gasteiger partial charge in [0.05, 0.1) is 12.6 Å². The van der Waals surface area contributed by atoms with Crippen molar-refractivity contribution in [3.63, 3.8) is 0 Å². The highest BCUT2D eigenvalue weighted by atomic mass is 16.5. The predicted molar refractivity (Wildman–Crippen MR) is 57.2 cm³/mol. The van der Waals surface area contributed by atoms with Crippen LogP contribution in [-0.2, 0) is 9.53 Å². The molecule has 2 atom stereocenters. The molecule has 92 valence electrons. The molecule has 1 aliphatic rings. The van der Waals surface area contributed by atoms with Crippen LogP contribution >= 0.6 is 0 Å². The topological polar surface area (TPSA) is 87.7 Å². The van der Waals surface area contributed by atoms with Crippen molar-refractivity contribution in [3.05, 3.63) is 0 Å². The van der Waals surface area contributed by atoms with E-state index in [-0.39, 0.29) is 6.04 Å². The number of urea groups is 1. The predicted octanol–water partition coefficient (Wildman–Crippen LogP) is 0.328. The summed E-state index contributed by atoms with van der Waals surface area (Å²) in [6.45, 7) is 2.94. The second kappa shape index (κ2) is 6.32. The minimum atomic E-state index is -1.02. The van der Waals surface area contributed by atoms with E-state index in [0.29, 0.717) is 13.0 Å². The summed E-state index contributed by atoms with van der Waals surface area (Å²) in [5.74, 6) is -1.02. The average molecular weight is 230 g/mol. The zero-order valence-electron chi connectivity index (χ0n) is 9.36. The molecule has 0 aliphatic carbocycles. The van der Waals surface area contributed by atoms with Crippen LogP contribution in [0.25, 0.3) is 0 Å². The molecule has 1 aliphatic heterocycles. The third kappa shape index (κ3) is 4.06. The molecule has 0 saturated carbocycles. The van der Waals surface area contributed by atoms with Crippen molar-refractivity contribution >= 4 is 12.0 Å². The van der Waals surface area contributed by atoms with Crippen LogP contribution < -0.4 is 10.6 Å². The summed E-state index contributed by atoms with van der Waals surface area (Å²) in [4.78, 5) is 22.1. The number of amides is 2. The number of nitrogens with one attached hydrogen (secondary N) is 2. The summed E-state index contributed by atoms with van der Waals surface area (Å²) >= 11 is 0. The van der Waals surface area contributed by atoms with E-state index in [9.17, 15) is 9.59 Å². The van der Waals surface area contributed by atoms with E-state index >= 15 is 0 Å². The normalized spacial score (nSPS) is 22.2. The average Bonchev–Trinajstić information content (AvgIpc) is 2.27. The molecular weight excluding hydrogens is 212 g/mol. The monoisotopic (exact) mass is 230 g/mol. The highest BCUT2D eigenvalue weighted by Crippen LogP contribution is 2.05. The maximum absolute atomic E-state index is 11.4. The maximum Gasteiger partial charge on any atom is 0.326 e. The van der Waals surface area contributed by atoms with Crippen LogP contribution in [0.4, 0.5) is 4.79 Å². The molecule has 0 aromatic carbocycles. The zero-order chi connectivity index (χ0) is 12.0. The Morgan fingerprint density at radius 1 is 1.56 bits per heavy atom. The summed E-state index contributed by atoms with van der Waals surface area (Å²) in [5, 5.41) is 13.9. The van der Waals surface area contributed by atoms with E-state index < -0.39 is 18.0 Å². The number of ether oxygens (including phenoxy) is 1. The van der Waals surface area contributed by atoms with Crippen molar-refractivity contribution in [2.24, 2.45) is 0 Å². The number of hydrogen-bond donors (Lipinski definition) is 3. The highest BCUT2D eigenvalue weighted by Gasteiger charge is 2.20. The van der Waals surface area contributed by atoms with Gasteiger partial charge in [-0.15, -0.1) is 0 Å². The molecule has 1 unspecified atom stereocenters. The van der Waals surface area contributed by atoms with Gasteiger partial charge in [0, 0.05) is 6.61 Å². The first kappa shape index (κ1) is 12.8. The largest absolute Gasteiger partial charge is 0.480 e. The van der Waals surface area contributed by atoms with E-state index in [1.54, 1.807) is 6.92 Å². The highest BCUT2D eigenvalue weighted by molar-refractivity contribution is 5.82. The van der Waals surface area contributed by atoms with Crippen molar-refractivity contribution in [1.29, 1.82) is 0 Å². The summed E-state index contributed by atoms with van der Waals surface area (Å²) in [6, 6.07) is -1.28. The summed E-state index contributed by atoms with van der Waals surface area (Å²) in [6.07, 6.45) is 2.16. The number of carbonyl (C=O) groups is 2. The van der Waals surface area contributed by atoms with Gasteiger partial charge in [-0.1, -0.05) is 6.92 Å². The molecule has 0 aromatic heterocycles. The maximum atomic E-state index is 11.4. The fourth-order valence-corrected chi connectivity index (χ4v) is 1.58. The lowest BCUT2D eigenvalue weighted by atomic mass is 10.1. The molecule has 0 spiro atoms. The summed E-state index contributed by atoms with van der Waals surface area (Å²) in [5.41, 5.74) is 0. The van der Waals surface area contributed by atoms with Gasteiger partial charge in [0.15, 0.2) is 0 Å². The van der Waals surface area contributed by atoms with Gasteiger partial charge < -0.3 is 20.5 Å². The van der Waals surface area contributed by atoms with Gasteiger partial charge in [0.1, 0.15) is 6.04 Å². The van der Waals surface area contributed by atoms with Gasteiger partial charge in [0.25, 0.3) is 0 Å². The fraction of sp³-hybridized carbons (Fsp3) is 0.800. The number of hydrogen-bond acceptors (Lipinski definition) is 3. The Kier molecular flexibility index (Phi) is 5.04. The zero-order valence-corrected chi connectivity index (χ0v) is 9.36. The Balaban J connectivity index is 2.31. The molecule has 6 nitrogen and oxygen atoms in total. The van der Waals surface area contributed by atoms with Gasteiger partial charge in [-0.05, 0) is 19.3 Å². The van der Waals surface area contributed by atoms with Crippen molar-refractivity contribution in [2.45, 2.75) is 38.3 Å². The number of carboxylic acids is 1. The fourth-order valence-electron chi connectivity index (χ4n) is 1.58. The van der Waals surface area contributed by atoms with E-state index in [2.05, 4.69) is 10.6 Å². The van der Waals surface area contributed by atoms with Crippen LogP contribution in [0, 0.1) is 0 Å². The first-order valence-corrected chi connectivity index (χ1v) is 5.51. The molecule has 0 aromatic rings. The van der Waals surface area contributed by atoms with Crippen molar-refractivity contribution in [1.82, 2.24) is 10.6 Å². The first-order valence-electron chi connectivity index (χ1n) is 5.51. The van der Waals surface area contributed by atoms with E-state index in [0.717, 1.165) is 19.4 Å². The molecule has 1 rings (SSSR count). The minimum Gasteiger partial charge on any atom is -0.480 e.